The van der Waals surface area contributed by atoms with Gasteiger partial charge in [-0.15, -0.1) is 0 Å². The SMILES string of the molecule is O=C(CCC1CCCN(C(=O)c2ccc3c(c2)OCO3)C1)N1CCOCC1. The number of likely N-dealkylation sites (tertiary alicyclic amines) is 1. The van der Waals surface area contributed by atoms with E-state index in [1.54, 1.807) is 18.2 Å². The molecule has 0 N–H and O–H groups in total. The molecule has 1 aromatic carbocycles. The Kier molecular flexibility index (Phi) is 5.48. The molecule has 0 bridgehead atoms. The van der Waals surface area contributed by atoms with Gasteiger partial charge in [0.25, 0.3) is 5.91 Å². The minimum atomic E-state index is 0.0255. The number of carbonyl (C=O) groups is 2. The lowest BCUT2D eigenvalue weighted by Gasteiger charge is -2.33. The summed E-state index contributed by atoms with van der Waals surface area (Å²) in [6, 6.07) is 5.34. The van der Waals surface area contributed by atoms with Crippen molar-refractivity contribution in [2.24, 2.45) is 5.92 Å². The number of carbonyl (C=O) groups excluding carboxylic acids is 2. The first-order valence-corrected chi connectivity index (χ1v) is 9.75. The average molecular weight is 374 g/mol. The van der Waals surface area contributed by atoms with Gasteiger partial charge in [-0.2, -0.15) is 0 Å². The number of rotatable bonds is 4. The smallest absolute Gasteiger partial charge is 0.254 e. The summed E-state index contributed by atoms with van der Waals surface area (Å²) in [5.74, 6) is 1.92. The summed E-state index contributed by atoms with van der Waals surface area (Å²) in [5.41, 5.74) is 0.629. The van der Waals surface area contributed by atoms with E-state index in [2.05, 4.69) is 0 Å². The Bertz CT molecular complexity index is 702. The number of piperidine rings is 1. The Hall–Kier alpha value is -2.28. The van der Waals surface area contributed by atoms with E-state index in [9.17, 15) is 9.59 Å². The molecule has 7 nitrogen and oxygen atoms in total. The molecule has 3 aliphatic heterocycles. The van der Waals surface area contributed by atoms with Crippen LogP contribution in [0.15, 0.2) is 18.2 Å². The summed E-state index contributed by atoms with van der Waals surface area (Å²) in [5, 5.41) is 0. The quantitative estimate of drug-likeness (QED) is 0.805. The van der Waals surface area contributed by atoms with Gasteiger partial charge in [-0.1, -0.05) is 0 Å². The predicted molar refractivity (Wildman–Crippen MR) is 97.8 cm³/mol. The predicted octanol–water partition coefficient (Wildman–Crippen LogP) is 1.91. The second-order valence-corrected chi connectivity index (χ2v) is 7.36. The van der Waals surface area contributed by atoms with Crippen LogP contribution in [0.1, 0.15) is 36.0 Å². The number of fused-ring (bicyclic) bond motifs is 1. The van der Waals surface area contributed by atoms with Gasteiger partial charge in [-0.05, 0) is 43.4 Å². The number of hydrogen-bond donors (Lipinski definition) is 0. The number of nitrogens with zero attached hydrogens (tertiary/aromatic N) is 2. The van der Waals surface area contributed by atoms with Crippen LogP contribution in [0, 0.1) is 5.92 Å². The minimum absolute atomic E-state index is 0.0255. The number of benzene rings is 1. The third-order valence-electron chi connectivity index (χ3n) is 5.56. The minimum Gasteiger partial charge on any atom is -0.454 e. The molecule has 2 amide bonds. The molecule has 0 aliphatic carbocycles. The molecule has 1 aromatic rings. The van der Waals surface area contributed by atoms with E-state index in [1.807, 2.05) is 9.80 Å². The van der Waals surface area contributed by atoms with Crippen molar-refractivity contribution < 1.29 is 23.8 Å². The Morgan fingerprint density at radius 3 is 2.70 bits per heavy atom. The van der Waals surface area contributed by atoms with E-state index in [0.717, 1.165) is 25.8 Å². The van der Waals surface area contributed by atoms with Gasteiger partial charge in [0.2, 0.25) is 12.7 Å². The van der Waals surface area contributed by atoms with Gasteiger partial charge in [-0.3, -0.25) is 9.59 Å². The Morgan fingerprint density at radius 2 is 1.85 bits per heavy atom. The van der Waals surface area contributed by atoms with Crippen LogP contribution in [0.5, 0.6) is 11.5 Å². The highest BCUT2D eigenvalue weighted by molar-refractivity contribution is 5.95. The summed E-state index contributed by atoms with van der Waals surface area (Å²) in [6.45, 7) is 4.33. The highest BCUT2D eigenvalue weighted by atomic mass is 16.7. The van der Waals surface area contributed by atoms with E-state index in [-0.39, 0.29) is 18.6 Å². The van der Waals surface area contributed by atoms with Crippen molar-refractivity contribution in [1.82, 2.24) is 9.80 Å². The monoisotopic (exact) mass is 374 g/mol. The van der Waals surface area contributed by atoms with Crippen molar-refractivity contribution in [3.63, 3.8) is 0 Å². The average Bonchev–Trinajstić information content (AvgIpc) is 3.20. The molecule has 1 atom stereocenters. The highest BCUT2D eigenvalue weighted by Crippen LogP contribution is 2.33. The zero-order valence-corrected chi connectivity index (χ0v) is 15.5. The fourth-order valence-corrected chi connectivity index (χ4v) is 4.00. The van der Waals surface area contributed by atoms with E-state index in [1.165, 1.54) is 0 Å². The number of hydrogen-bond acceptors (Lipinski definition) is 5. The molecule has 0 spiro atoms. The number of ether oxygens (including phenoxy) is 3. The molecule has 0 radical (unpaired) electrons. The van der Waals surface area contributed by atoms with Crippen LogP contribution in [0.3, 0.4) is 0 Å². The zero-order valence-electron chi connectivity index (χ0n) is 15.5. The molecule has 0 saturated carbocycles. The van der Waals surface area contributed by atoms with Crippen LogP contribution in [0.25, 0.3) is 0 Å². The summed E-state index contributed by atoms with van der Waals surface area (Å²) in [7, 11) is 0. The first-order valence-electron chi connectivity index (χ1n) is 9.75. The van der Waals surface area contributed by atoms with Gasteiger partial charge in [0.05, 0.1) is 13.2 Å². The molecule has 0 aromatic heterocycles. The zero-order chi connectivity index (χ0) is 18.6. The highest BCUT2D eigenvalue weighted by Gasteiger charge is 2.27. The normalized spacial score (nSPS) is 22.0. The van der Waals surface area contributed by atoms with Crippen molar-refractivity contribution in [2.45, 2.75) is 25.7 Å². The summed E-state index contributed by atoms with van der Waals surface area (Å²) >= 11 is 0. The van der Waals surface area contributed by atoms with Gasteiger partial charge in [-0.25, -0.2) is 0 Å². The molecule has 27 heavy (non-hydrogen) atoms. The first kappa shape index (κ1) is 18.1. The topological polar surface area (TPSA) is 68.3 Å². The summed E-state index contributed by atoms with van der Waals surface area (Å²) < 4.78 is 16.0. The largest absolute Gasteiger partial charge is 0.454 e. The standard InChI is InChI=1S/C20H26N2O5/c23-19(21-8-10-25-11-9-21)6-3-15-2-1-7-22(13-15)20(24)16-4-5-17-18(12-16)27-14-26-17/h4-5,12,15H,1-3,6-11,13-14H2. The van der Waals surface area contributed by atoms with E-state index in [0.29, 0.717) is 62.2 Å². The van der Waals surface area contributed by atoms with Crippen LogP contribution in [-0.4, -0.2) is 67.8 Å². The first-order chi connectivity index (χ1) is 13.2. The maximum Gasteiger partial charge on any atom is 0.254 e. The van der Waals surface area contributed by atoms with Crippen LogP contribution in [0.2, 0.25) is 0 Å². The lowest BCUT2D eigenvalue weighted by Crippen LogP contribution is -2.42. The van der Waals surface area contributed by atoms with Gasteiger partial charge in [0.15, 0.2) is 11.5 Å². The van der Waals surface area contributed by atoms with Crippen molar-refractivity contribution in [1.29, 1.82) is 0 Å². The Balaban J connectivity index is 1.31. The van der Waals surface area contributed by atoms with Crippen LogP contribution in [-0.2, 0) is 9.53 Å². The van der Waals surface area contributed by atoms with E-state index < -0.39 is 0 Å². The van der Waals surface area contributed by atoms with E-state index in [4.69, 9.17) is 14.2 Å². The number of morpholine rings is 1. The molecule has 7 heteroatoms. The van der Waals surface area contributed by atoms with Crippen molar-refractivity contribution in [2.75, 3.05) is 46.2 Å². The fourth-order valence-electron chi connectivity index (χ4n) is 4.00. The van der Waals surface area contributed by atoms with Crippen LogP contribution in [0.4, 0.5) is 0 Å². The molecule has 3 heterocycles. The number of amides is 2. The second kappa shape index (κ2) is 8.17. The van der Waals surface area contributed by atoms with Gasteiger partial charge >= 0.3 is 0 Å². The molecular formula is C20H26N2O5. The summed E-state index contributed by atoms with van der Waals surface area (Å²) in [4.78, 5) is 29.0. The molecular weight excluding hydrogens is 348 g/mol. The van der Waals surface area contributed by atoms with Crippen LogP contribution < -0.4 is 9.47 Å². The third kappa shape index (κ3) is 4.18. The van der Waals surface area contributed by atoms with Crippen molar-refractivity contribution in [3.8, 4) is 11.5 Å². The second-order valence-electron chi connectivity index (χ2n) is 7.36. The maximum absolute atomic E-state index is 12.9. The maximum atomic E-state index is 12.9. The Labute approximate surface area is 159 Å². The van der Waals surface area contributed by atoms with Crippen LogP contribution >= 0.6 is 0 Å². The fraction of sp³-hybridized carbons (Fsp3) is 0.600. The Morgan fingerprint density at radius 1 is 1.04 bits per heavy atom. The molecule has 4 rings (SSSR count). The molecule has 146 valence electrons. The van der Waals surface area contributed by atoms with Gasteiger partial charge in [0.1, 0.15) is 0 Å². The van der Waals surface area contributed by atoms with Gasteiger partial charge in [0, 0.05) is 38.2 Å². The lowest BCUT2D eigenvalue weighted by molar-refractivity contribution is -0.135. The van der Waals surface area contributed by atoms with Gasteiger partial charge < -0.3 is 24.0 Å². The van der Waals surface area contributed by atoms with Crippen molar-refractivity contribution in [3.05, 3.63) is 23.8 Å². The molecule has 3 aliphatic rings. The molecule has 2 saturated heterocycles. The lowest BCUT2D eigenvalue weighted by atomic mass is 9.92. The molecule has 2 fully saturated rings. The summed E-state index contributed by atoms with van der Waals surface area (Å²) in [6.07, 6.45) is 3.44. The van der Waals surface area contributed by atoms with E-state index >= 15 is 0 Å². The molecule has 1 unspecified atom stereocenters. The third-order valence-corrected chi connectivity index (χ3v) is 5.56. The van der Waals surface area contributed by atoms with Crippen molar-refractivity contribution >= 4 is 11.8 Å².